The molecule has 0 aliphatic rings. The number of H-pyrrole nitrogens is 1. The van der Waals surface area contributed by atoms with Gasteiger partial charge >= 0.3 is 18.7 Å². The highest BCUT2D eigenvalue weighted by Crippen LogP contribution is 2.38. The van der Waals surface area contributed by atoms with Crippen molar-refractivity contribution in [2.75, 3.05) is 26.4 Å². The lowest BCUT2D eigenvalue weighted by Gasteiger charge is -2.26. The lowest BCUT2D eigenvalue weighted by atomic mass is 9.87. The second kappa shape index (κ2) is 17.6. The van der Waals surface area contributed by atoms with Crippen molar-refractivity contribution in [2.45, 2.75) is 76.0 Å². The molecule has 0 radical (unpaired) electrons. The molecule has 6 nitrogen and oxygen atoms in total. The van der Waals surface area contributed by atoms with Gasteiger partial charge in [-0.2, -0.15) is 26.3 Å². The maximum absolute atomic E-state index is 13.5. The third-order valence-corrected chi connectivity index (χ3v) is 7.95. The summed E-state index contributed by atoms with van der Waals surface area (Å²) < 4.78 is 140. The molecule has 16 heteroatoms. The minimum Gasteiger partial charge on any atom is -0.491 e. The normalized spacial score (nSPS) is 13.9. The summed E-state index contributed by atoms with van der Waals surface area (Å²) in [4.78, 5) is 14.4. The molecule has 0 spiro atoms. The molecule has 0 amide bonds. The third-order valence-electron chi connectivity index (χ3n) is 7.51. The van der Waals surface area contributed by atoms with Gasteiger partial charge in [-0.1, -0.05) is 62.4 Å². The van der Waals surface area contributed by atoms with Crippen LogP contribution in [0.15, 0.2) is 53.5 Å². The highest BCUT2D eigenvalue weighted by atomic mass is 127. The molecule has 3 rings (SSSR count). The van der Waals surface area contributed by atoms with Crippen LogP contribution in [-0.4, -0.2) is 41.7 Å². The summed E-state index contributed by atoms with van der Waals surface area (Å²) in [5.74, 6) is -1.09. The summed E-state index contributed by atoms with van der Waals surface area (Å²) >= 11 is 2.19. The molecule has 0 fully saturated rings. The summed E-state index contributed by atoms with van der Waals surface area (Å²) in [5, 5.41) is 0. The van der Waals surface area contributed by atoms with Crippen LogP contribution in [0, 0.1) is 11.3 Å². The number of alkyl halides is 10. The number of hydrogen-bond donors (Lipinski definition) is 1. The maximum atomic E-state index is 13.5. The molecule has 0 saturated carbocycles. The van der Waals surface area contributed by atoms with Crippen LogP contribution in [-0.2, 0) is 36.4 Å². The van der Waals surface area contributed by atoms with E-state index in [9.17, 15) is 44.3 Å². The summed E-state index contributed by atoms with van der Waals surface area (Å²) in [7, 11) is 0. The van der Waals surface area contributed by atoms with Crippen molar-refractivity contribution in [3.05, 3.63) is 86.8 Å². The molecular weight excluding hydrogens is 812 g/mol. The van der Waals surface area contributed by atoms with Gasteiger partial charge in [0.25, 0.3) is 0 Å². The predicted octanol–water partition coefficient (Wildman–Crippen LogP) is 9.99. The first-order valence-corrected chi connectivity index (χ1v) is 17.1. The number of pyridine rings is 1. The van der Waals surface area contributed by atoms with Crippen molar-refractivity contribution < 1.29 is 58.5 Å². The quantitative estimate of drug-likeness (QED) is 0.0634. The van der Waals surface area contributed by atoms with E-state index in [4.69, 9.17) is 14.2 Å². The van der Waals surface area contributed by atoms with Gasteiger partial charge in [0.05, 0.1) is 18.8 Å². The molecule has 0 aliphatic heterocycles. The predicted molar refractivity (Wildman–Crippen MR) is 181 cm³/mol. The van der Waals surface area contributed by atoms with E-state index in [2.05, 4.69) is 32.3 Å². The van der Waals surface area contributed by atoms with Crippen molar-refractivity contribution in [2.24, 2.45) is 11.3 Å². The second-order valence-electron chi connectivity index (χ2n) is 13.1. The van der Waals surface area contributed by atoms with Crippen LogP contribution >= 0.6 is 22.6 Å². The Balaban J connectivity index is 1.57. The summed E-state index contributed by atoms with van der Waals surface area (Å²) in [6.07, 6.45) is -11.9. The van der Waals surface area contributed by atoms with Crippen LogP contribution in [0.2, 0.25) is 0 Å². The average molecular weight is 852 g/mol. The van der Waals surface area contributed by atoms with Crippen LogP contribution in [0.5, 0.6) is 17.2 Å². The van der Waals surface area contributed by atoms with Gasteiger partial charge in [-0.05, 0) is 67.0 Å². The van der Waals surface area contributed by atoms with E-state index in [-0.39, 0.29) is 59.8 Å². The van der Waals surface area contributed by atoms with Gasteiger partial charge in [-0.15, -0.1) is 13.2 Å². The largest absolute Gasteiger partial charge is 0.573 e. The lowest BCUT2D eigenvalue weighted by molar-refractivity contribution is -0.275. The van der Waals surface area contributed by atoms with E-state index in [1.807, 2.05) is 13.8 Å². The van der Waals surface area contributed by atoms with Crippen LogP contribution < -0.4 is 19.6 Å². The zero-order valence-electron chi connectivity index (χ0n) is 28.3. The molecule has 2 aromatic carbocycles. The summed E-state index contributed by atoms with van der Waals surface area (Å²) in [5.41, 5.74) is -2.42. The molecule has 2 unspecified atom stereocenters. The van der Waals surface area contributed by atoms with Crippen LogP contribution in [0.4, 0.5) is 39.5 Å². The van der Waals surface area contributed by atoms with Gasteiger partial charge in [0.15, 0.2) is 16.9 Å². The number of hydrogen-bond acceptors (Lipinski definition) is 5. The number of nitrogens with one attached hydrogen (secondary N) is 1. The molecule has 1 N–H and O–H groups in total. The van der Waals surface area contributed by atoms with Gasteiger partial charge in [-0.25, -0.2) is 0 Å². The highest BCUT2D eigenvalue weighted by molar-refractivity contribution is 14.1. The van der Waals surface area contributed by atoms with E-state index < -0.39 is 46.6 Å². The molecule has 1 heterocycles. The molecule has 2 atom stereocenters. The first-order valence-electron chi connectivity index (χ1n) is 15.9. The highest BCUT2D eigenvalue weighted by Gasteiger charge is 2.35. The molecule has 0 bridgehead atoms. The van der Waals surface area contributed by atoms with Gasteiger partial charge in [-0.3, -0.25) is 4.79 Å². The van der Waals surface area contributed by atoms with Crippen molar-refractivity contribution >= 4 is 22.6 Å². The zero-order valence-corrected chi connectivity index (χ0v) is 30.4. The van der Waals surface area contributed by atoms with Crippen molar-refractivity contribution in [3.63, 3.8) is 0 Å². The van der Waals surface area contributed by atoms with Crippen molar-refractivity contribution in [1.29, 1.82) is 0 Å². The minimum absolute atomic E-state index is 0.0280. The first-order chi connectivity index (χ1) is 23.5. The second-order valence-corrected chi connectivity index (χ2v) is 15.2. The fraction of sp³-hybridized carbons (Fsp3) is 0.514. The standard InChI is InChI=1S/C35H39F9INO5/c1-21(9-10-48-11-12-49-29-15-24(14-22(2)45)5-7-26(29)33(36,37)38)13-23-6-8-28(51-35(42,43)44)30(16-23)50-20-32(3,4)18-25-19-46-31(17-27(25)47)34(39,40)41/h5-8,15-17,19,21-22H,9-14,18,20H2,1-4H3,(H,46,47). The summed E-state index contributed by atoms with van der Waals surface area (Å²) in [6, 6.07) is 8.27. The van der Waals surface area contributed by atoms with Crippen LogP contribution in [0.1, 0.15) is 62.1 Å². The number of ether oxygens (including phenoxy) is 4. The van der Waals surface area contributed by atoms with Gasteiger partial charge < -0.3 is 23.9 Å². The third kappa shape index (κ3) is 14.4. The number of aromatic nitrogens is 1. The molecule has 51 heavy (non-hydrogen) atoms. The number of aromatic amines is 1. The van der Waals surface area contributed by atoms with E-state index in [1.165, 1.54) is 24.3 Å². The maximum Gasteiger partial charge on any atom is 0.573 e. The topological polar surface area (TPSA) is 69.8 Å². The van der Waals surface area contributed by atoms with Crippen LogP contribution in [0.25, 0.3) is 0 Å². The Morgan fingerprint density at radius 3 is 2.02 bits per heavy atom. The monoisotopic (exact) mass is 851 g/mol. The van der Waals surface area contributed by atoms with E-state index in [1.54, 1.807) is 13.8 Å². The molecule has 0 saturated heterocycles. The van der Waals surface area contributed by atoms with E-state index in [0.717, 1.165) is 23.9 Å². The molecular formula is C35H39F9INO5. The Bertz CT molecular complexity index is 1640. The minimum atomic E-state index is -5.01. The van der Waals surface area contributed by atoms with Crippen molar-refractivity contribution in [3.8, 4) is 17.2 Å². The Hall–Kier alpha value is -3.15. The Morgan fingerprint density at radius 1 is 0.765 bits per heavy atom. The lowest BCUT2D eigenvalue weighted by Crippen LogP contribution is -2.28. The number of benzene rings is 2. The first kappa shape index (κ1) is 42.3. The van der Waals surface area contributed by atoms with Gasteiger partial charge in [0.1, 0.15) is 18.1 Å². The van der Waals surface area contributed by atoms with Crippen molar-refractivity contribution in [1.82, 2.24) is 4.98 Å². The van der Waals surface area contributed by atoms with Gasteiger partial charge in [0, 0.05) is 33.8 Å². The number of halogens is 10. The Labute approximate surface area is 303 Å². The summed E-state index contributed by atoms with van der Waals surface area (Å²) in [6.45, 7) is 7.09. The molecule has 3 aromatic rings. The SMILES string of the molecule is CC(I)Cc1ccc(C(F)(F)F)c(OCCOCCC(C)Cc2ccc(OC(F)(F)F)c(OCC(C)(C)Cc3c[nH]c(C(F)(F)F)cc3=O)c2)c1. The fourth-order valence-corrected chi connectivity index (χ4v) is 5.63. The molecule has 284 valence electrons. The van der Waals surface area contributed by atoms with Crippen LogP contribution in [0.3, 0.4) is 0 Å². The smallest absolute Gasteiger partial charge is 0.491 e. The molecule has 1 aromatic heterocycles. The van der Waals surface area contributed by atoms with E-state index >= 15 is 0 Å². The average Bonchev–Trinajstić information content (AvgIpc) is 2.98. The van der Waals surface area contributed by atoms with Gasteiger partial charge in [0.2, 0.25) is 0 Å². The Morgan fingerprint density at radius 2 is 1.41 bits per heavy atom. The Kier molecular flexibility index (Phi) is 14.6. The molecule has 0 aliphatic carbocycles. The van der Waals surface area contributed by atoms with E-state index in [0.29, 0.717) is 30.9 Å². The fourth-order valence-electron chi connectivity index (χ4n) is 5.12. The zero-order chi connectivity index (χ0) is 38.2. The number of rotatable bonds is 17.